The van der Waals surface area contributed by atoms with E-state index >= 15 is 0 Å². The smallest absolute Gasteiger partial charge is 0.332 e. The average molecular weight is 237 g/mol. The van der Waals surface area contributed by atoms with Crippen molar-refractivity contribution < 1.29 is 9.53 Å². The van der Waals surface area contributed by atoms with Crippen molar-refractivity contribution in [1.29, 1.82) is 0 Å². The van der Waals surface area contributed by atoms with Crippen molar-refractivity contribution in [3.63, 3.8) is 0 Å². The molecule has 0 aromatic carbocycles. The van der Waals surface area contributed by atoms with Crippen LogP contribution in [0, 0.1) is 0 Å². The van der Waals surface area contributed by atoms with E-state index in [1.54, 1.807) is 0 Å². The Kier molecular flexibility index (Phi) is 3.75. The zero-order chi connectivity index (χ0) is 12.3. The number of ether oxygens (including phenoxy) is 1. The summed E-state index contributed by atoms with van der Waals surface area (Å²) < 4.78 is 5.58. The molecular formula is C14H23NO2. The third-order valence-electron chi connectivity index (χ3n) is 4.06. The van der Waals surface area contributed by atoms with Crippen LogP contribution >= 0.6 is 0 Å². The molecule has 2 unspecified atom stereocenters. The van der Waals surface area contributed by atoms with Crippen molar-refractivity contribution in [3.05, 3.63) is 12.3 Å². The Morgan fingerprint density at radius 1 is 1.47 bits per heavy atom. The second-order valence-corrected chi connectivity index (χ2v) is 5.23. The minimum Gasteiger partial charge on any atom is -0.461 e. The lowest BCUT2D eigenvalue weighted by Gasteiger charge is -2.47. The highest BCUT2D eigenvalue weighted by molar-refractivity contribution is 5.81. The van der Waals surface area contributed by atoms with Gasteiger partial charge in [0.15, 0.2) is 0 Å². The summed E-state index contributed by atoms with van der Waals surface area (Å²) in [7, 11) is 0. The van der Waals surface area contributed by atoms with E-state index in [9.17, 15) is 4.79 Å². The van der Waals surface area contributed by atoms with Crippen LogP contribution in [-0.4, -0.2) is 29.1 Å². The third kappa shape index (κ3) is 2.33. The lowest BCUT2D eigenvalue weighted by molar-refractivity contribution is -0.165. The number of allylic oxidation sites excluding steroid dienone is 1. The number of fused-ring (bicyclic) bond motifs is 1. The number of rotatable bonds is 3. The van der Waals surface area contributed by atoms with Crippen molar-refractivity contribution in [1.82, 2.24) is 4.90 Å². The quantitative estimate of drug-likeness (QED) is 0.707. The zero-order valence-electron chi connectivity index (χ0n) is 10.9. The summed E-state index contributed by atoms with van der Waals surface area (Å²) in [6, 6.07) is 0. The first kappa shape index (κ1) is 12.5. The molecule has 0 spiro atoms. The van der Waals surface area contributed by atoms with E-state index in [-0.39, 0.29) is 17.6 Å². The number of carbonyl (C=O) groups excluding carboxylic acids is 1. The van der Waals surface area contributed by atoms with Crippen LogP contribution in [0.25, 0.3) is 0 Å². The minimum absolute atomic E-state index is 0.00380. The normalized spacial score (nSPS) is 29.6. The third-order valence-corrected chi connectivity index (χ3v) is 4.06. The first-order valence-electron chi connectivity index (χ1n) is 6.83. The van der Waals surface area contributed by atoms with Crippen LogP contribution < -0.4 is 0 Å². The van der Waals surface area contributed by atoms with E-state index in [1.165, 1.54) is 6.42 Å². The van der Waals surface area contributed by atoms with Crippen molar-refractivity contribution in [2.24, 2.45) is 0 Å². The lowest BCUT2D eigenvalue weighted by Crippen LogP contribution is -2.57. The van der Waals surface area contributed by atoms with Gasteiger partial charge in [-0.2, -0.15) is 0 Å². The minimum atomic E-state index is -0.351. The van der Waals surface area contributed by atoms with Crippen molar-refractivity contribution in [2.75, 3.05) is 6.54 Å². The first-order valence-corrected chi connectivity index (χ1v) is 6.83. The molecule has 2 heterocycles. The lowest BCUT2D eigenvalue weighted by atomic mass is 9.81. The van der Waals surface area contributed by atoms with Gasteiger partial charge in [-0.25, -0.2) is 4.79 Å². The van der Waals surface area contributed by atoms with Crippen molar-refractivity contribution >= 4 is 5.97 Å². The van der Waals surface area contributed by atoms with Crippen LogP contribution in [0.1, 0.15) is 52.4 Å². The Morgan fingerprint density at radius 3 is 3.06 bits per heavy atom. The molecule has 0 amide bonds. The highest BCUT2D eigenvalue weighted by Crippen LogP contribution is 2.37. The van der Waals surface area contributed by atoms with Gasteiger partial charge in [-0.05, 0) is 51.6 Å². The topological polar surface area (TPSA) is 29.5 Å². The second kappa shape index (κ2) is 5.11. The van der Waals surface area contributed by atoms with Gasteiger partial charge in [0.05, 0.1) is 6.10 Å². The molecule has 17 heavy (non-hydrogen) atoms. The number of carbonyl (C=O) groups is 1. The zero-order valence-corrected chi connectivity index (χ0v) is 10.9. The standard InChI is InChI=1S/C14H23NO2/c1-3-12(2)17-13(16)14-8-4-6-10-15(14)11-7-5-9-14/h6,10,12H,3-5,7-9,11H2,1-2H3. The molecule has 1 saturated heterocycles. The van der Waals surface area contributed by atoms with Crippen LogP contribution in [0.2, 0.25) is 0 Å². The van der Waals surface area contributed by atoms with E-state index in [1.807, 2.05) is 6.92 Å². The summed E-state index contributed by atoms with van der Waals surface area (Å²) in [5, 5.41) is 0. The van der Waals surface area contributed by atoms with Gasteiger partial charge in [-0.1, -0.05) is 13.0 Å². The van der Waals surface area contributed by atoms with Gasteiger partial charge < -0.3 is 9.64 Å². The van der Waals surface area contributed by atoms with Crippen molar-refractivity contribution in [3.8, 4) is 0 Å². The summed E-state index contributed by atoms with van der Waals surface area (Å²) in [6.45, 7) is 5.02. The number of nitrogens with zero attached hydrogens (tertiary/aromatic N) is 1. The molecule has 2 aliphatic heterocycles. The van der Waals surface area contributed by atoms with Crippen LogP contribution in [0.15, 0.2) is 12.3 Å². The van der Waals surface area contributed by atoms with Gasteiger partial charge in [0.25, 0.3) is 0 Å². The highest BCUT2D eigenvalue weighted by Gasteiger charge is 2.46. The number of hydrogen-bond acceptors (Lipinski definition) is 3. The predicted octanol–water partition coefficient (Wildman–Crippen LogP) is 2.86. The molecule has 0 saturated carbocycles. The molecule has 0 N–H and O–H groups in total. The summed E-state index contributed by atoms with van der Waals surface area (Å²) in [6.07, 6.45) is 10.4. The molecule has 0 radical (unpaired) electrons. The fourth-order valence-corrected chi connectivity index (χ4v) is 2.76. The average Bonchev–Trinajstić information content (AvgIpc) is 2.38. The largest absolute Gasteiger partial charge is 0.461 e. The molecule has 0 bridgehead atoms. The van der Waals surface area contributed by atoms with Crippen LogP contribution in [0.5, 0.6) is 0 Å². The molecule has 3 nitrogen and oxygen atoms in total. The Hall–Kier alpha value is -0.990. The Balaban J connectivity index is 2.13. The number of esters is 1. The molecule has 3 heteroatoms. The van der Waals surface area contributed by atoms with Crippen LogP contribution in [0.4, 0.5) is 0 Å². The fourth-order valence-electron chi connectivity index (χ4n) is 2.76. The maximum Gasteiger partial charge on any atom is 0.332 e. The van der Waals surface area contributed by atoms with Crippen LogP contribution in [-0.2, 0) is 9.53 Å². The van der Waals surface area contributed by atoms with Gasteiger partial charge in [-0.3, -0.25) is 0 Å². The van der Waals surface area contributed by atoms with E-state index in [0.717, 1.165) is 38.6 Å². The Morgan fingerprint density at radius 2 is 2.29 bits per heavy atom. The van der Waals surface area contributed by atoms with Crippen molar-refractivity contribution in [2.45, 2.75) is 64.0 Å². The van der Waals surface area contributed by atoms with Gasteiger partial charge in [0.1, 0.15) is 5.54 Å². The molecular weight excluding hydrogens is 214 g/mol. The van der Waals surface area contributed by atoms with E-state index in [0.29, 0.717) is 0 Å². The van der Waals surface area contributed by atoms with E-state index in [2.05, 4.69) is 24.1 Å². The summed E-state index contributed by atoms with van der Waals surface area (Å²) in [4.78, 5) is 14.6. The predicted molar refractivity (Wildman–Crippen MR) is 67.5 cm³/mol. The second-order valence-electron chi connectivity index (χ2n) is 5.23. The molecule has 2 aliphatic rings. The number of hydrogen-bond donors (Lipinski definition) is 0. The van der Waals surface area contributed by atoms with Gasteiger partial charge in [0.2, 0.25) is 0 Å². The maximum atomic E-state index is 12.4. The van der Waals surface area contributed by atoms with Gasteiger partial charge in [0, 0.05) is 6.54 Å². The number of piperidine rings is 1. The SMILES string of the molecule is CCC(C)OC(=O)C12CCC=CN1CCCC2. The fraction of sp³-hybridized carbons (Fsp3) is 0.786. The molecule has 96 valence electrons. The molecule has 0 aromatic heterocycles. The first-order chi connectivity index (χ1) is 8.19. The monoisotopic (exact) mass is 237 g/mol. The molecule has 2 rings (SSSR count). The highest BCUT2D eigenvalue weighted by atomic mass is 16.5. The van der Waals surface area contributed by atoms with E-state index < -0.39 is 0 Å². The molecule has 0 aliphatic carbocycles. The summed E-state index contributed by atoms with van der Waals surface area (Å²) in [5.41, 5.74) is -0.351. The summed E-state index contributed by atoms with van der Waals surface area (Å²) in [5.74, 6) is -0.00380. The Bertz CT molecular complexity index is 313. The van der Waals surface area contributed by atoms with Gasteiger partial charge in [-0.15, -0.1) is 0 Å². The van der Waals surface area contributed by atoms with Crippen LogP contribution in [0.3, 0.4) is 0 Å². The van der Waals surface area contributed by atoms with E-state index in [4.69, 9.17) is 4.74 Å². The van der Waals surface area contributed by atoms with Gasteiger partial charge >= 0.3 is 5.97 Å². The maximum absolute atomic E-state index is 12.4. The molecule has 2 atom stereocenters. The molecule has 0 aromatic rings. The Labute approximate surface area is 104 Å². The summed E-state index contributed by atoms with van der Waals surface area (Å²) >= 11 is 0. The molecule has 1 fully saturated rings.